The zero-order valence-electron chi connectivity index (χ0n) is 9.03. The molecule has 0 aliphatic heterocycles. The molecule has 0 bridgehead atoms. The lowest BCUT2D eigenvalue weighted by Crippen LogP contribution is -2.09. The molecule has 0 atom stereocenters. The highest BCUT2D eigenvalue weighted by Crippen LogP contribution is 2.37. The lowest BCUT2D eigenvalue weighted by atomic mass is 10.1. The van der Waals surface area contributed by atoms with Crippen molar-refractivity contribution in [3.05, 3.63) is 34.6 Å². The summed E-state index contributed by atoms with van der Waals surface area (Å²) in [5.74, 6) is 0.0888. The summed E-state index contributed by atoms with van der Waals surface area (Å²) >= 11 is 5.56. The van der Waals surface area contributed by atoms with E-state index in [1.165, 1.54) is 19.1 Å². The standard InChI is InChI=1S/C10H6ClF3N4/c1-5-15-17-9(18-16-5)7-3-2-6(11)4-8(7)10(12,13)14/h2-4H,1H3. The highest BCUT2D eigenvalue weighted by Gasteiger charge is 2.34. The highest BCUT2D eigenvalue weighted by atomic mass is 35.5. The van der Waals surface area contributed by atoms with Crippen molar-refractivity contribution in [2.75, 3.05) is 0 Å². The number of alkyl halides is 3. The largest absolute Gasteiger partial charge is 0.417 e. The van der Waals surface area contributed by atoms with E-state index in [0.717, 1.165) is 6.07 Å². The number of nitrogens with zero attached hydrogens (tertiary/aromatic N) is 4. The third kappa shape index (κ3) is 2.56. The van der Waals surface area contributed by atoms with Crippen molar-refractivity contribution in [1.29, 1.82) is 0 Å². The first-order valence-electron chi connectivity index (χ1n) is 4.79. The first kappa shape index (κ1) is 12.7. The molecule has 0 unspecified atom stereocenters. The summed E-state index contributed by atoms with van der Waals surface area (Å²) in [5, 5.41) is 14.3. The summed E-state index contributed by atoms with van der Waals surface area (Å²) < 4.78 is 38.5. The maximum atomic E-state index is 12.8. The molecular weight excluding hydrogens is 269 g/mol. The Labute approximate surface area is 105 Å². The van der Waals surface area contributed by atoms with Crippen LogP contribution in [0.4, 0.5) is 13.2 Å². The van der Waals surface area contributed by atoms with Gasteiger partial charge in [-0.2, -0.15) is 13.2 Å². The van der Waals surface area contributed by atoms with Crippen molar-refractivity contribution in [3.8, 4) is 11.4 Å². The molecule has 4 nitrogen and oxygen atoms in total. The SMILES string of the molecule is Cc1nnc(-c2ccc(Cl)cc2C(F)(F)F)nn1. The summed E-state index contributed by atoms with van der Waals surface area (Å²) in [7, 11) is 0. The monoisotopic (exact) mass is 274 g/mol. The molecule has 18 heavy (non-hydrogen) atoms. The first-order chi connectivity index (χ1) is 8.38. The summed E-state index contributed by atoms with van der Waals surface area (Å²) in [6.07, 6.45) is -4.55. The van der Waals surface area contributed by atoms with Crippen molar-refractivity contribution in [2.24, 2.45) is 0 Å². The molecule has 0 fully saturated rings. The number of benzene rings is 1. The molecule has 2 rings (SSSR count). The molecule has 94 valence electrons. The number of aromatic nitrogens is 4. The van der Waals surface area contributed by atoms with Gasteiger partial charge in [-0.15, -0.1) is 20.4 Å². The molecular formula is C10H6ClF3N4. The molecule has 0 spiro atoms. The molecule has 1 heterocycles. The van der Waals surface area contributed by atoms with Crippen LogP contribution in [0, 0.1) is 6.92 Å². The van der Waals surface area contributed by atoms with Gasteiger partial charge < -0.3 is 0 Å². The lowest BCUT2D eigenvalue weighted by molar-refractivity contribution is -0.137. The number of rotatable bonds is 1. The second-order valence-electron chi connectivity index (χ2n) is 3.46. The van der Waals surface area contributed by atoms with Gasteiger partial charge >= 0.3 is 6.18 Å². The molecule has 0 radical (unpaired) electrons. The Hall–Kier alpha value is -1.76. The van der Waals surface area contributed by atoms with Gasteiger partial charge in [-0.1, -0.05) is 11.6 Å². The Bertz CT molecular complexity index is 568. The Balaban J connectivity index is 2.60. The Morgan fingerprint density at radius 1 is 1.06 bits per heavy atom. The fourth-order valence-electron chi connectivity index (χ4n) is 1.33. The van der Waals surface area contributed by atoms with E-state index >= 15 is 0 Å². The Morgan fingerprint density at radius 3 is 2.22 bits per heavy atom. The van der Waals surface area contributed by atoms with E-state index in [1.54, 1.807) is 0 Å². The van der Waals surface area contributed by atoms with Gasteiger partial charge in [-0.05, 0) is 25.1 Å². The minimum absolute atomic E-state index is 0.0147. The van der Waals surface area contributed by atoms with E-state index in [1.807, 2.05) is 0 Å². The van der Waals surface area contributed by atoms with Crippen molar-refractivity contribution >= 4 is 11.6 Å². The Kier molecular flexibility index (Phi) is 3.16. The molecule has 0 amide bonds. The summed E-state index contributed by atoms with van der Waals surface area (Å²) in [5.41, 5.74) is -1.12. The number of hydrogen-bond acceptors (Lipinski definition) is 4. The molecule has 8 heteroatoms. The second kappa shape index (κ2) is 4.49. The van der Waals surface area contributed by atoms with Gasteiger partial charge in [-0.25, -0.2) is 0 Å². The van der Waals surface area contributed by atoms with Crippen LogP contribution in [0.15, 0.2) is 18.2 Å². The number of hydrogen-bond donors (Lipinski definition) is 0. The highest BCUT2D eigenvalue weighted by molar-refractivity contribution is 6.30. The molecule has 1 aromatic carbocycles. The lowest BCUT2D eigenvalue weighted by Gasteiger charge is -2.11. The van der Waals surface area contributed by atoms with Gasteiger partial charge in [0.05, 0.1) is 5.56 Å². The van der Waals surface area contributed by atoms with Crippen molar-refractivity contribution in [2.45, 2.75) is 13.1 Å². The van der Waals surface area contributed by atoms with E-state index < -0.39 is 11.7 Å². The first-order valence-corrected chi connectivity index (χ1v) is 5.17. The van der Waals surface area contributed by atoms with Crippen LogP contribution in [-0.2, 0) is 6.18 Å². The number of aryl methyl sites for hydroxylation is 1. The fraction of sp³-hybridized carbons (Fsp3) is 0.200. The van der Waals surface area contributed by atoms with E-state index in [9.17, 15) is 13.2 Å². The molecule has 0 saturated carbocycles. The minimum atomic E-state index is -4.55. The molecule has 0 N–H and O–H groups in total. The molecule has 1 aromatic heterocycles. The quantitative estimate of drug-likeness (QED) is 0.802. The van der Waals surface area contributed by atoms with Crippen LogP contribution in [0.2, 0.25) is 5.02 Å². The van der Waals surface area contributed by atoms with Crippen LogP contribution >= 0.6 is 11.6 Å². The molecule has 2 aromatic rings. The van der Waals surface area contributed by atoms with Crippen LogP contribution in [0.25, 0.3) is 11.4 Å². The van der Waals surface area contributed by atoms with Gasteiger partial charge in [0.15, 0.2) is 5.82 Å². The van der Waals surface area contributed by atoms with Crippen LogP contribution in [-0.4, -0.2) is 20.4 Å². The van der Waals surface area contributed by atoms with E-state index in [2.05, 4.69) is 20.4 Å². The third-order valence-electron chi connectivity index (χ3n) is 2.11. The maximum Gasteiger partial charge on any atom is 0.417 e. The predicted octanol–water partition coefficient (Wildman–Crippen LogP) is 2.91. The van der Waals surface area contributed by atoms with E-state index in [4.69, 9.17) is 11.6 Å². The van der Waals surface area contributed by atoms with Gasteiger partial charge in [-0.3, -0.25) is 0 Å². The van der Waals surface area contributed by atoms with Crippen LogP contribution < -0.4 is 0 Å². The van der Waals surface area contributed by atoms with Gasteiger partial charge in [0.2, 0.25) is 5.82 Å². The minimum Gasteiger partial charge on any atom is -0.166 e. The topological polar surface area (TPSA) is 51.6 Å². The molecule has 0 aliphatic carbocycles. The zero-order chi connectivity index (χ0) is 13.3. The average molecular weight is 275 g/mol. The fourth-order valence-corrected chi connectivity index (χ4v) is 1.51. The van der Waals surface area contributed by atoms with Crippen molar-refractivity contribution < 1.29 is 13.2 Å². The van der Waals surface area contributed by atoms with E-state index in [0.29, 0.717) is 0 Å². The summed E-state index contributed by atoms with van der Waals surface area (Å²) in [6.45, 7) is 1.54. The molecule has 0 saturated heterocycles. The van der Waals surface area contributed by atoms with Crippen molar-refractivity contribution in [1.82, 2.24) is 20.4 Å². The number of halogens is 4. The second-order valence-corrected chi connectivity index (χ2v) is 3.89. The van der Waals surface area contributed by atoms with Crippen LogP contribution in [0.1, 0.15) is 11.4 Å². The van der Waals surface area contributed by atoms with Crippen LogP contribution in [0.5, 0.6) is 0 Å². The smallest absolute Gasteiger partial charge is 0.166 e. The summed E-state index contributed by atoms with van der Waals surface area (Å²) in [6, 6.07) is 3.34. The summed E-state index contributed by atoms with van der Waals surface area (Å²) in [4.78, 5) is 0. The van der Waals surface area contributed by atoms with Gasteiger partial charge in [0, 0.05) is 10.6 Å². The van der Waals surface area contributed by atoms with Crippen LogP contribution in [0.3, 0.4) is 0 Å². The third-order valence-corrected chi connectivity index (χ3v) is 2.34. The zero-order valence-corrected chi connectivity index (χ0v) is 9.79. The van der Waals surface area contributed by atoms with Crippen molar-refractivity contribution in [3.63, 3.8) is 0 Å². The maximum absolute atomic E-state index is 12.8. The normalized spacial score (nSPS) is 11.6. The van der Waals surface area contributed by atoms with Gasteiger partial charge in [0.1, 0.15) is 0 Å². The molecule has 0 aliphatic rings. The predicted molar refractivity (Wildman–Crippen MR) is 57.8 cm³/mol. The average Bonchev–Trinajstić information content (AvgIpc) is 2.29. The van der Waals surface area contributed by atoms with E-state index in [-0.39, 0.29) is 22.2 Å². The Morgan fingerprint density at radius 2 is 1.67 bits per heavy atom. The van der Waals surface area contributed by atoms with Gasteiger partial charge in [0.25, 0.3) is 0 Å².